The number of aromatic nitrogens is 3. The molecule has 1 aromatic carbocycles. The molecule has 8 heteroatoms. The molecule has 162 valence electrons. The number of fused-ring (bicyclic) bond motifs is 1. The molecular weight excluding hydrogens is 398 g/mol. The van der Waals surface area contributed by atoms with Crippen LogP contribution in [0.5, 0.6) is 0 Å². The number of rotatable bonds is 4. The van der Waals surface area contributed by atoms with Crippen LogP contribution in [0.4, 0.5) is 0 Å². The van der Waals surface area contributed by atoms with E-state index in [0.29, 0.717) is 18.2 Å². The minimum Gasteiger partial charge on any atom is -0.477 e. The first-order valence-corrected chi connectivity index (χ1v) is 11.0. The number of hydrogen-bond acceptors (Lipinski definition) is 5. The number of H-pyrrole nitrogens is 1. The van der Waals surface area contributed by atoms with Gasteiger partial charge in [-0.3, -0.25) is 9.51 Å². The van der Waals surface area contributed by atoms with Crippen LogP contribution in [0.15, 0.2) is 33.6 Å². The Hall–Kier alpha value is -2.87. The summed E-state index contributed by atoms with van der Waals surface area (Å²) in [6.07, 6.45) is 6.22. The number of nitrogens with zero attached hydrogens (tertiary/aromatic N) is 2. The molecule has 1 unspecified atom stereocenters. The lowest BCUT2D eigenvalue weighted by Crippen LogP contribution is -2.44. The van der Waals surface area contributed by atoms with E-state index in [9.17, 15) is 14.7 Å². The van der Waals surface area contributed by atoms with E-state index in [4.69, 9.17) is 9.26 Å². The van der Waals surface area contributed by atoms with E-state index in [1.807, 2.05) is 17.6 Å². The number of carboxylic acids is 1. The maximum atomic E-state index is 12.2. The Balaban J connectivity index is 1.46. The first-order valence-electron chi connectivity index (χ1n) is 11.0. The molecule has 2 saturated carbocycles. The highest BCUT2D eigenvalue weighted by molar-refractivity contribution is 5.95. The van der Waals surface area contributed by atoms with Crippen molar-refractivity contribution in [3.63, 3.8) is 0 Å². The van der Waals surface area contributed by atoms with Crippen molar-refractivity contribution < 1.29 is 19.2 Å². The Labute approximate surface area is 178 Å². The van der Waals surface area contributed by atoms with E-state index < -0.39 is 17.3 Å². The molecular formula is C23H25N3O5. The van der Waals surface area contributed by atoms with Gasteiger partial charge in [-0.1, -0.05) is 18.1 Å². The summed E-state index contributed by atoms with van der Waals surface area (Å²) in [6.45, 7) is 2.81. The Bertz CT molecular complexity index is 1250. The molecule has 3 aliphatic rings. The van der Waals surface area contributed by atoms with Crippen molar-refractivity contribution in [1.29, 1.82) is 0 Å². The van der Waals surface area contributed by atoms with Crippen LogP contribution in [-0.4, -0.2) is 38.0 Å². The summed E-state index contributed by atoms with van der Waals surface area (Å²) in [5.41, 5.74) is 1.62. The molecule has 31 heavy (non-hydrogen) atoms. The van der Waals surface area contributed by atoms with Gasteiger partial charge in [0.25, 0.3) is 0 Å². The third-order valence-electron chi connectivity index (χ3n) is 7.80. The monoisotopic (exact) mass is 423 g/mol. The first kappa shape index (κ1) is 18.9. The van der Waals surface area contributed by atoms with Gasteiger partial charge < -0.3 is 14.4 Å². The van der Waals surface area contributed by atoms with Crippen molar-refractivity contribution in [2.24, 2.45) is 5.92 Å². The second-order valence-corrected chi connectivity index (χ2v) is 9.54. The van der Waals surface area contributed by atoms with Gasteiger partial charge in [-0.25, -0.2) is 9.59 Å². The van der Waals surface area contributed by atoms with E-state index in [0.717, 1.165) is 43.2 Å². The number of hydrogen-bond donors (Lipinski definition) is 2. The van der Waals surface area contributed by atoms with Crippen molar-refractivity contribution in [2.75, 3.05) is 6.61 Å². The smallest absolute Gasteiger partial charge is 0.438 e. The number of nitrogens with one attached hydrogen (secondary N) is 1. The number of carbonyl (C=O) groups is 1. The Morgan fingerprint density at radius 3 is 2.71 bits per heavy atom. The zero-order chi connectivity index (χ0) is 21.4. The molecule has 2 aromatic heterocycles. The molecule has 6 rings (SSSR count). The van der Waals surface area contributed by atoms with Crippen LogP contribution in [0.2, 0.25) is 0 Å². The Morgan fingerprint density at radius 2 is 2.10 bits per heavy atom. The summed E-state index contributed by atoms with van der Waals surface area (Å²) in [5, 5.41) is 14.8. The molecule has 3 atom stereocenters. The predicted octanol–water partition coefficient (Wildman–Crippen LogP) is 3.62. The molecule has 0 amide bonds. The van der Waals surface area contributed by atoms with Crippen LogP contribution in [0.25, 0.3) is 10.9 Å². The largest absolute Gasteiger partial charge is 0.477 e. The van der Waals surface area contributed by atoms with Crippen LogP contribution in [0, 0.1) is 5.92 Å². The van der Waals surface area contributed by atoms with E-state index in [2.05, 4.69) is 22.3 Å². The van der Waals surface area contributed by atoms with Crippen molar-refractivity contribution in [1.82, 2.24) is 14.7 Å². The van der Waals surface area contributed by atoms with Crippen LogP contribution in [-0.2, 0) is 10.3 Å². The normalized spacial score (nSPS) is 29.2. The summed E-state index contributed by atoms with van der Waals surface area (Å²) in [4.78, 5) is 26.4. The third-order valence-corrected chi connectivity index (χ3v) is 7.80. The zero-order valence-electron chi connectivity index (χ0n) is 17.4. The summed E-state index contributed by atoms with van der Waals surface area (Å²) >= 11 is 0. The summed E-state index contributed by atoms with van der Waals surface area (Å²) < 4.78 is 12.7. The maximum Gasteiger partial charge on any atom is 0.438 e. The van der Waals surface area contributed by atoms with Crippen LogP contribution >= 0.6 is 0 Å². The Kier molecular flexibility index (Phi) is 3.85. The SMILES string of the molecule is C[C@H]1C[C@]1(c1noc(=O)[nH]1)n1c(C(=O)O)cc2cc(C3CCOC4(CCC4)C3)ccc21. The number of ether oxygens (including phenoxy) is 1. The first-order chi connectivity index (χ1) is 14.9. The highest BCUT2D eigenvalue weighted by atomic mass is 16.5. The topological polar surface area (TPSA) is 110 Å². The second kappa shape index (κ2) is 6.32. The lowest BCUT2D eigenvalue weighted by molar-refractivity contribution is -0.133. The van der Waals surface area contributed by atoms with Gasteiger partial charge in [0.05, 0.1) is 5.60 Å². The molecule has 2 aliphatic carbocycles. The standard InChI is InChI=1S/C23H25N3O5/c1-13-11-23(13,20-24-21(29)31-25-20)26-17-4-3-14(9-16(17)10-18(26)19(27)28)15-5-8-30-22(12-15)6-2-7-22/h3-4,9-10,13,15H,2,5-8,11-12H2,1H3,(H,27,28)(H,24,25,29)/t13-,15?,23-/m0/s1. The van der Waals surface area contributed by atoms with Gasteiger partial charge in [0.15, 0.2) is 5.82 Å². The van der Waals surface area contributed by atoms with Gasteiger partial charge in [-0.15, -0.1) is 0 Å². The van der Waals surface area contributed by atoms with E-state index in [-0.39, 0.29) is 17.2 Å². The molecule has 2 N–H and O–H groups in total. The molecule has 3 aromatic rings. The molecule has 3 heterocycles. The van der Waals surface area contributed by atoms with E-state index >= 15 is 0 Å². The van der Waals surface area contributed by atoms with Crippen molar-refractivity contribution >= 4 is 16.9 Å². The fourth-order valence-electron chi connectivity index (χ4n) is 5.88. The quantitative estimate of drug-likeness (QED) is 0.663. The molecule has 0 bridgehead atoms. The van der Waals surface area contributed by atoms with Gasteiger partial charge in [-0.05, 0) is 74.1 Å². The highest BCUT2D eigenvalue weighted by Gasteiger charge is 2.59. The maximum absolute atomic E-state index is 12.2. The average Bonchev–Trinajstić information content (AvgIpc) is 3.07. The van der Waals surface area contributed by atoms with Crippen LogP contribution < -0.4 is 5.76 Å². The molecule has 1 spiro atoms. The van der Waals surface area contributed by atoms with Crippen molar-refractivity contribution in [3.8, 4) is 0 Å². The van der Waals surface area contributed by atoms with Gasteiger partial charge in [0.2, 0.25) is 0 Å². The molecule has 0 radical (unpaired) electrons. The third kappa shape index (κ3) is 2.67. The average molecular weight is 423 g/mol. The second-order valence-electron chi connectivity index (χ2n) is 9.54. The zero-order valence-corrected chi connectivity index (χ0v) is 17.4. The Morgan fingerprint density at radius 1 is 1.29 bits per heavy atom. The summed E-state index contributed by atoms with van der Waals surface area (Å²) in [6, 6.07) is 8.02. The van der Waals surface area contributed by atoms with Gasteiger partial charge in [0, 0.05) is 17.5 Å². The lowest BCUT2D eigenvalue weighted by Gasteiger charge is -2.47. The number of carboxylic acid groups (broad SMARTS) is 1. The lowest BCUT2D eigenvalue weighted by atomic mass is 9.70. The van der Waals surface area contributed by atoms with Gasteiger partial charge >= 0.3 is 11.7 Å². The molecule has 8 nitrogen and oxygen atoms in total. The highest BCUT2D eigenvalue weighted by Crippen LogP contribution is 2.56. The number of benzene rings is 1. The van der Waals surface area contributed by atoms with Gasteiger partial charge in [0.1, 0.15) is 11.2 Å². The van der Waals surface area contributed by atoms with E-state index in [1.165, 1.54) is 12.0 Å². The fraction of sp³-hybridized carbons (Fsp3) is 0.522. The van der Waals surface area contributed by atoms with Crippen LogP contribution in [0.1, 0.15) is 73.2 Å². The van der Waals surface area contributed by atoms with E-state index in [1.54, 1.807) is 6.07 Å². The van der Waals surface area contributed by atoms with Crippen molar-refractivity contribution in [3.05, 3.63) is 51.9 Å². The minimum absolute atomic E-state index is 0.0579. The molecule has 3 fully saturated rings. The van der Waals surface area contributed by atoms with Crippen molar-refractivity contribution in [2.45, 2.75) is 62.5 Å². The molecule has 1 aliphatic heterocycles. The predicted molar refractivity (Wildman–Crippen MR) is 111 cm³/mol. The number of aromatic carboxylic acids is 1. The minimum atomic E-state index is -0.999. The fourth-order valence-corrected chi connectivity index (χ4v) is 5.88. The number of aromatic amines is 1. The van der Waals surface area contributed by atoms with Crippen LogP contribution in [0.3, 0.4) is 0 Å². The molecule has 1 saturated heterocycles. The summed E-state index contributed by atoms with van der Waals surface area (Å²) in [5.74, 6) is -0.702. The summed E-state index contributed by atoms with van der Waals surface area (Å²) in [7, 11) is 0. The van der Waals surface area contributed by atoms with Gasteiger partial charge in [-0.2, -0.15) is 0 Å².